The summed E-state index contributed by atoms with van der Waals surface area (Å²) in [5, 5.41) is 3.55. The Labute approximate surface area is 229 Å². The van der Waals surface area contributed by atoms with Gasteiger partial charge in [0.05, 0.1) is 19.8 Å². The zero-order valence-corrected chi connectivity index (χ0v) is 22.9. The van der Waals surface area contributed by atoms with Crippen LogP contribution in [0.4, 0.5) is 0 Å². The molecule has 3 aromatic rings. The number of rotatable bonds is 15. The molecule has 0 spiro atoms. The lowest BCUT2D eigenvalue weighted by atomic mass is 9.95. The van der Waals surface area contributed by atoms with Gasteiger partial charge in [0, 0.05) is 12.6 Å². The fourth-order valence-electron chi connectivity index (χ4n) is 4.65. The van der Waals surface area contributed by atoms with Crippen LogP contribution in [-0.2, 0) is 0 Å². The van der Waals surface area contributed by atoms with Crippen molar-refractivity contribution in [2.75, 3.05) is 26.4 Å². The van der Waals surface area contributed by atoms with Crippen LogP contribution in [0.2, 0.25) is 0 Å². The second-order valence-corrected chi connectivity index (χ2v) is 10.2. The zero-order valence-electron chi connectivity index (χ0n) is 22.9. The van der Waals surface area contributed by atoms with E-state index in [2.05, 4.69) is 79.5 Å². The average Bonchev–Trinajstić information content (AvgIpc) is 2.96. The van der Waals surface area contributed by atoms with Crippen molar-refractivity contribution in [3.05, 3.63) is 90.5 Å². The Balaban J connectivity index is 1.06. The summed E-state index contributed by atoms with van der Waals surface area (Å²) in [6, 6.07) is 25.7. The number of benzene rings is 3. The van der Waals surface area contributed by atoms with Gasteiger partial charge in [0.1, 0.15) is 17.2 Å². The molecule has 1 saturated heterocycles. The second-order valence-electron chi connectivity index (χ2n) is 10.2. The Morgan fingerprint density at radius 1 is 0.658 bits per heavy atom. The van der Waals surface area contributed by atoms with Crippen LogP contribution in [0.3, 0.4) is 0 Å². The standard InChI is InChI=1S/C34H43NO3/c1-3-4-23-36-31-16-10-28(11-17-31)29-12-18-32(19-13-29)37-24-7-5-6-8-25-38-33-20-14-30(15-21-33)34-22-9-27(2)26-35-34/h10-21,34-35H,2-9,22-26H2,1H3. The van der Waals surface area contributed by atoms with Crippen molar-refractivity contribution in [2.45, 2.75) is 64.3 Å². The van der Waals surface area contributed by atoms with Gasteiger partial charge in [-0.2, -0.15) is 0 Å². The number of hydrogen-bond acceptors (Lipinski definition) is 4. The molecule has 1 fully saturated rings. The molecule has 1 heterocycles. The fraction of sp³-hybridized carbons (Fsp3) is 0.412. The highest BCUT2D eigenvalue weighted by Crippen LogP contribution is 2.27. The van der Waals surface area contributed by atoms with E-state index in [9.17, 15) is 0 Å². The molecule has 0 bridgehead atoms. The lowest BCUT2D eigenvalue weighted by Crippen LogP contribution is -2.28. The predicted molar refractivity (Wildman–Crippen MR) is 157 cm³/mol. The van der Waals surface area contributed by atoms with E-state index in [0.717, 1.165) is 95.0 Å². The number of nitrogens with one attached hydrogen (secondary N) is 1. The quantitative estimate of drug-likeness (QED) is 0.163. The Morgan fingerprint density at radius 2 is 1.13 bits per heavy atom. The third kappa shape index (κ3) is 8.95. The van der Waals surface area contributed by atoms with E-state index in [4.69, 9.17) is 14.2 Å². The first-order valence-corrected chi connectivity index (χ1v) is 14.3. The van der Waals surface area contributed by atoms with Crippen molar-refractivity contribution in [2.24, 2.45) is 0 Å². The van der Waals surface area contributed by atoms with E-state index in [1.807, 2.05) is 12.1 Å². The number of piperidine rings is 1. The summed E-state index contributed by atoms with van der Waals surface area (Å²) in [5.74, 6) is 2.81. The summed E-state index contributed by atoms with van der Waals surface area (Å²) in [6.45, 7) is 9.44. The Hall–Kier alpha value is -3.24. The van der Waals surface area contributed by atoms with Crippen LogP contribution >= 0.6 is 0 Å². The van der Waals surface area contributed by atoms with E-state index < -0.39 is 0 Å². The molecule has 4 rings (SSSR count). The van der Waals surface area contributed by atoms with Crippen LogP contribution in [0.1, 0.15) is 69.9 Å². The molecular formula is C34H43NO3. The van der Waals surface area contributed by atoms with E-state index in [0.29, 0.717) is 6.04 Å². The SMILES string of the molecule is C=C1CCC(c2ccc(OCCCCCCOc3ccc(-c4ccc(OCCCC)cc4)cc3)cc2)NC1. The van der Waals surface area contributed by atoms with E-state index >= 15 is 0 Å². The fourth-order valence-corrected chi connectivity index (χ4v) is 4.65. The molecule has 1 N–H and O–H groups in total. The zero-order chi connectivity index (χ0) is 26.4. The number of unbranched alkanes of at least 4 members (excludes halogenated alkanes) is 4. The molecule has 3 aromatic carbocycles. The highest BCUT2D eigenvalue weighted by Gasteiger charge is 2.16. The second kappa shape index (κ2) is 15.2. The Kier molecular flexibility index (Phi) is 11.1. The topological polar surface area (TPSA) is 39.7 Å². The smallest absolute Gasteiger partial charge is 0.119 e. The summed E-state index contributed by atoms with van der Waals surface area (Å²) in [6.07, 6.45) is 8.87. The predicted octanol–water partition coefficient (Wildman–Crippen LogP) is 8.53. The summed E-state index contributed by atoms with van der Waals surface area (Å²) in [5.41, 5.74) is 5.00. The van der Waals surface area contributed by atoms with Crippen molar-refractivity contribution in [1.29, 1.82) is 0 Å². The van der Waals surface area contributed by atoms with Crippen LogP contribution < -0.4 is 19.5 Å². The molecule has 0 aliphatic carbocycles. The third-order valence-corrected chi connectivity index (χ3v) is 7.05. The first-order valence-electron chi connectivity index (χ1n) is 14.3. The average molecular weight is 514 g/mol. The Bertz CT molecular complexity index is 1080. The van der Waals surface area contributed by atoms with E-state index in [1.54, 1.807) is 0 Å². The van der Waals surface area contributed by atoms with Crippen LogP contribution in [0.25, 0.3) is 11.1 Å². The molecule has 1 atom stereocenters. The maximum absolute atomic E-state index is 5.95. The molecule has 202 valence electrons. The maximum atomic E-state index is 5.95. The van der Waals surface area contributed by atoms with Gasteiger partial charge >= 0.3 is 0 Å². The summed E-state index contributed by atoms with van der Waals surface area (Å²) in [4.78, 5) is 0. The highest BCUT2D eigenvalue weighted by molar-refractivity contribution is 5.64. The van der Waals surface area contributed by atoms with Crippen LogP contribution in [0, 0.1) is 0 Å². The van der Waals surface area contributed by atoms with Gasteiger partial charge in [-0.1, -0.05) is 61.9 Å². The largest absolute Gasteiger partial charge is 0.494 e. The van der Waals surface area contributed by atoms with Crippen molar-refractivity contribution in [3.63, 3.8) is 0 Å². The molecule has 1 aliphatic heterocycles. The van der Waals surface area contributed by atoms with Crippen molar-refractivity contribution in [1.82, 2.24) is 5.32 Å². The van der Waals surface area contributed by atoms with Crippen LogP contribution in [0.5, 0.6) is 17.2 Å². The first kappa shape index (κ1) is 27.8. The molecule has 0 aromatic heterocycles. The van der Waals surface area contributed by atoms with Gasteiger partial charge < -0.3 is 19.5 Å². The molecule has 1 unspecified atom stereocenters. The Morgan fingerprint density at radius 3 is 1.58 bits per heavy atom. The molecule has 0 saturated carbocycles. The van der Waals surface area contributed by atoms with Gasteiger partial charge in [-0.05, 0) is 98.0 Å². The van der Waals surface area contributed by atoms with Gasteiger partial charge in [0.2, 0.25) is 0 Å². The molecular weight excluding hydrogens is 470 g/mol. The summed E-state index contributed by atoms with van der Waals surface area (Å²) >= 11 is 0. The number of hydrogen-bond donors (Lipinski definition) is 1. The minimum atomic E-state index is 0.433. The molecule has 1 aliphatic rings. The number of ether oxygens (including phenoxy) is 3. The maximum Gasteiger partial charge on any atom is 0.119 e. The highest BCUT2D eigenvalue weighted by atomic mass is 16.5. The monoisotopic (exact) mass is 513 g/mol. The molecule has 4 nitrogen and oxygen atoms in total. The van der Waals surface area contributed by atoms with Crippen LogP contribution in [-0.4, -0.2) is 26.4 Å². The van der Waals surface area contributed by atoms with Crippen LogP contribution in [0.15, 0.2) is 84.9 Å². The summed E-state index contributed by atoms with van der Waals surface area (Å²) < 4.78 is 17.7. The normalized spacial score (nSPS) is 15.3. The molecule has 0 amide bonds. The van der Waals surface area contributed by atoms with Gasteiger partial charge in [0.15, 0.2) is 0 Å². The van der Waals surface area contributed by atoms with Gasteiger partial charge in [-0.25, -0.2) is 0 Å². The lowest BCUT2D eigenvalue weighted by Gasteiger charge is -2.25. The minimum Gasteiger partial charge on any atom is -0.494 e. The lowest BCUT2D eigenvalue weighted by molar-refractivity contribution is 0.287. The van der Waals surface area contributed by atoms with Gasteiger partial charge in [-0.3, -0.25) is 0 Å². The molecule has 4 heteroatoms. The van der Waals surface area contributed by atoms with E-state index in [1.165, 1.54) is 22.3 Å². The van der Waals surface area contributed by atoms with Gasteiger partial charge in [0.25, 0.3) is 0 Å². The van der Waals surface area contributed by atoms with Crippen molar-refractivity contribution >= 4 is 0 Å². The summed E-state index contributed by atoms with van der Waals surface area (Å²) in [7, 11) is 0. The molecule has 38 heavy (non-hydrogen) atoms. The van der Waals surface area contributed by atoms with E-state index in [-0.39, 0.29) is 0 Å². The first-order chi connectivity index (χ1) is 18.7. The third-order valence-electron chi connectivity index (χ3n) is 7.05. The van der Waals surface area contributed by atoms with Gasteiger partial charge in [-0.15, -0.1) is 0 Å². The molecule has 0 radical (unpaired) electrons. The van der Waals surface area contributed by atoms with Crippen molar-refractivity contribution < 1.29 is 14.2 Å². The van der Waals surface area contributed by atoms with Crippen molar-refractivity contribution in [3.8, 4) is 28.4 Å². The minimum absolute atomic E-state index is 0.433.